The minimum Gasteiger partial charge on any atom is -0.460 e. The van der Waals surface area contributed by atoms with Gasteiger partial charge in [0.05, 0.1) is 12.1 Å². The van der Waals surface area contributed by atoms with Crippen molar-refractivity contribution in [2.45, 2.75) is 38.8 Å². The van der Waals surface area contributed by atoms with Gasteiger partial charge in [0, 0.05) is 25.2 Å². The molecule has 0 aliphatic rings. The van der Waals surface area contributed by atoms with Crippen molar-refractivity contribution in [1.82, 2.24) is 21.3 Å². The number of amides is 4. The first-order valence-corrected chi connectivity index (χ1v) is 12.6. The summed E-state index contributed by atoms with van der Waals surface area (Å²) < 4.78 is 10.5. The highest BCUT2D eigenvalue weighted by molar-refractivity contribution is 5.91. The van der Waals surface area contributed by atoms with E-state index in [9.17, 15) is 19.2 Å². The van der Waals surface area contributed by atoms with Crippen LogP contribution in [0.25, 0.3) is 0 Å². The van der Waals surface area contributed by atoms with Crippen LogP contribution in [0.3, 0.4) is 0 Å². The number of rotatable bonds is 14. The van der Waals surface area contributed by atoms with Gasteiger partial charge in [0.15, 0.2) is 0 Å². The minimum absolute atomic E-state index is 0.0835. The molecular formula is C28H36N4O6. The van der Waals surface area contributed by atoms with E-state index in [1.807, 2.05) is 60.7 Å². The largest absolute Gasteiger partial charge is 0.460 e. The summed E-state index contributed by atoms with van der Waals surface area (Å²) >= 11 is 0. The zero-order valence-corrected chi connectivity index (χ0v) is 21.8. The first-order chi connectivity index (χ1) is 18.4. The van der Waals surface area contributed by atoms with Gasteiger partial charge in [-0.2, -0.15) is 0 Å². The second-order valence-electron chi connectivity index (χ2n) is 8.37. The van der Waals surface area contributed by atoms with Crippen molar-refractivity contribution in [3.8, 4) is 0 Å². The summed E-state index contributed by atoms with van der Waals surface area (Å²) in [5.41, 5.74) is 1.94. The van der Waals surface area contributed by atoms with E-state index >= 15 is 0 Å². The first kappa shape index (κ1) is 29.9. The van der Waals surface area contributed by atoms with Gasteiger partial charge >= 0.3 is 24.0 Å². The van der Waals surface area contributed by atoms with E-state index in [4.69, 9.17) is 9.47 Å². The molecule has 10 nitrogen and oxygen atoms in total. The number of ether oxygens (including phenoxy) is 2. The van der Waals surface area contributed by atoms with Crippen molar-refractivity contribution in [2.75, 3.05) is 26.3 Å². The maximum Gasteiger partial charge on any atom is 0.331 e. The molecule has 204 valence electrons. The molecule has 2 aromatic rings. The number of hydrogen-bond donors (Lipinski definition) is 4. The molecule has 2 rings (SSSR count). The van der Waals surface area contributed by atoms with E-state index in [2.05, 4.69) is 21.3 Å². The van der Waals surface area contributed by atoms with Crippen molar-refractivity contribution < 1.29 is 28.7 Å². The topological polar surface area (TPSA) is 135 Å². The summed E-state index contributed by atoms with van der Waals surface area (Å²) in [7, 11) is 0. The van der Waals surface area contributed by atoms with Gasteiger partial charge in [-0.25, -0.2) is 19.2 Å². The van der Waals surface area contributed by atoms with Gasteiger partial charge in [0.1, 0.15) is 13.2 Å². The van der Waals surface area contributed by atoms with Crippen LogP contribution in [0.5, 0.6) is 0 Å². The maximum atomic E-state index is 12.2. The molecule has 0 bridgehead atoms. The van der Waals surface area contributed by atoms with Gasteiger partial charge in [-0.3, -0.25) is 0 Å². The van der Waals surface area contributed by atoms with Crippen molar-refractivity contribution in [3.63, 3.8) is 0 Å². The lowest BCUT2D eigenvalue weighted by Gasteiger charge is -2.19. The molecule has 0 spiro atoms. The molecule has 4 amide bonds. The number of nitrogens with one attached hydrogen (secondary N) is 4. The van der Waals surface area contributed by atoms with Crippen molar-refractivity contribution in [2.24, 2.45) is 0 Å². The minimum atomic E-state index is -0.751. The van der Waals surface area contributed by atoms with Crippen LogP contribution in [0.1, 0.15) is 25.0 Å². The average molecular weight is 525 g/mol. The molecule has 0 saturated carbocycles. The van der Waals surface area contributed by atoms with E-state index in [-0.39, 0.29) is 25.3 Å². The van der Waals surface area contributed by atoms with E-state index in [0.717, 1.165) is 23.3 Å². The predicted molar refractivity (Wildman–Crippen MR) is 143 cm³/mol. The first-order valence-electron chi connectivity index (χ1n) is 12.6. The summed E-state index contributed by atoms with van der Waals surface area (Å²) in [5, 5.41) is 10.9. The van der Waals surface area contributed by atoms with Gasteiger partial charge in [-0.1, -0.05) is 60.7 Å². The number of urea groups is 2. The molecule has 0 saturated heterocycles. The Morgan fingerprint density at radius 1 is 0.658 bits per heavy atom. The smallest absolute Gasteiger partial charge is 0.331 e. The highest BCUT2D eigenvalue weighted by Crippen LogP contribution is 2.06. The summed E-state index contributed by atoms with van der Waals surface area (Å²) in [5.74, 6) is -1.50. The molecule has 0 heterocycles. The molecule has 0 radical (unpaired) electrons. The molecule has 0 aliphatic heterocycles. The van der Waals surface area contributed by atoms with E-state index < -0.39 is 24.0 Å². The molecular weight excluding hydrogens is 488 g/mol. The predicted octanol–water partition coefficient (Wildman–Crippen LogP) is 2.49. The SMILES string of the molecule is CCNC(=O)N[C@@H](COC(=O)/C=C/C(=O)OC[C@@H](Cc1ccccc1)NC(=O)NCC)Cc1ccccc1. The van der Waals surface area contributed by atoms with Gasteiger partial charge < -0.3 is 30.7 Å². The highest BCUT2D eigenvalue weighted by Gasteiger charge is 2.16. The molecule has 38 heavy (non-hydrogen) atoms. The Bertz CT molecular complexity index is 962. The van der Waals surface area contributed by atoms with Crippen molar-refractivity contribution in [3.05, 3.63) is 83.9 Å². The fourth-order valence-electron chi connectivity index (χ4n) is 3.49. The summed E-state index contributed by atoms with van der Waals surface area (Å²) in [6.45, 7) is 4.35. The molecule has 4 N–H and O–H groups in total. The standard InChI is InChI=1S/C28H36N4O6/c1-3-29-27(35)31-23(17-21-11-7-5-8-12-21)19-37-25(33)15-16-26(34)38-20-24(32-28(36)30-4-2)18-22-13-9-6-10-14-22/h5-16,23-24H,3-4,17-20H2,1-2H3,(H2,29,31,35)(H2,30,32,36)/b16-15+/t23-,24-/m1/s1. The molecule has 0 aromatic heterocycles. The monoisotopic (exact) mass is 524 g/mol. The number of benzene rings is 2. The number of hydrogen-bond acceptors (Lipinski definition) is 6. The summed E-state index contributed by atoms with van der Waals surface area (Å²) in [4.78, 5) is 48.4. The maximum absolute atomic E-state index is 12.2. The van der Waals surface area contributed by atoms with Crippen LogP contribution in [-0.4, -0.2) is 62.4 Å². The Kier molecular flexibility index (Phi) is 13.5. The highest BCUT2D eigenvalue weighted by atomic mass is 16.5. The van der Waals surface area contributed by atoms with Crippen molar-refractivity contribution >= 4 is 24.0 Å². The normalized spacial score (nSPS) is 12.2. The molecule has 2 aromatic carbocycles. The molecule has 0 unspecified atom stereocenters. The average Bonchev–Trinajstić information content (AvgIpc) is 2.90. The van der Waals surface area contributed by atoms with Crippen LogP contribution in [0.4, 0.5) is 9.59 Å². The molecule has 0 fully saturated rings. The van der Waals surface area contributed by atoms with E-state index in [0.29, 0.717) is 25.9 Å². The van der Waals surface area contributed by atoms with Crippen LogP contribution >= 0.6 is 0 Å². The van der Waals surface area contributed by atoms with Crippen LogP contribution in [-0.2, 0) is 31.9 Å². The Morgan fingerprint density at radius 2 is 1.03 bits per heavy atom. The third-order valence-corrected chi connectivity index (χ3v) is 5.20. The van der Waals surface area contributed by atoms with Gasteiger partial charge in [0.2, 0.25) is 0 Å². The zero-order valence-electron chi connectivity index (χ0n) is 21.8. The number of carbonyl (C=O) groups is 4. The molecule has 0 aliphatic carbocycles. The van der Waals surface area contributed by atoms with Crippen LogP contribution in [0.15, 0.2) is 72.8 Å². The Morgan fingerprint density at radius 3 is 1.37 bits per heavy atom. The molecule has 2 atom stereocenters. The zero-order chi connectivity index (χ0) is 27.6. The van der Waals surface area contributed by atoms with Crippen LogP contribution < -0.4 is 21.3 Å². The lowest BCUT2D eigenvalue weighted by Crippen LogP contribution is -2.45. The van der Waals surface area contributed by atoms with Crippen LogP contribution in [0, 0.1) is 0 Å². The van der Waals surface area contributed by atoms with Gasteiger partial charge in [-0.05, 0) is 37.8 Å². The fraction of sp³-hybridized carbons (Fsp3) is 0.357. The Labute approximate surface area is 223 Å². The lowest BCUT2D eigenvalue weighted by molar-refractivity contribution is -0.141. The van der Waals surface area contributed by atoms with Crippen molar-refractivity contribution in [1.29, 1.82) is 0 Å². The van der Waals surface area contributed by atoms with E-state index in [1.165, 1.54) is 0 Å². The number of esters is 2. The fourth-order valence-corrected chi connectivity index (χ4v) is 3.49. The Hall–Kier alpha value is -4.34. The van der Waals surface area contributed by atoms with E-state index in [1.54, 1.807) is 13.8 Å². The quantitative estimate of drug-likeness (QED) is 0.222. The summed E-state index contributed by atoms with van der Waals surface area (Å²) in [6, 6.07) is 17.3. The van der Waals surface area contributed by atoms with Gasteiger partial charge in [0.25, 0.3) is 0 Å². The lowest BCUT2D eigenvalue weighted by atomic mass is 10.1. The molecule has 10 heteroatoms. The van der Waals surface area contributed by atoms with Gasteiger partial charge in [-0.15, -0.1) is 0 Å². The second-order valence-corrected chi connectivity index (χ2v) is 8.37. The third kappa shape index (κ3) is 12.6. The summed E-state index contributed by atoms with van der Waals surface area (Å²) in [6.07, 6.45) is 2.85. The second kappa shape index (κ2) is 17.2. The third-order valence-electron chi connectivity index (χ3n) is 5.20. The van der Waals surface area contributed by atoms with Crippen LogP contribution in [0.2, 0.25) is 0 Å². The Balaban J connectivity index is 1.87. The number of carbonyl (C=O) groups excluding carboxylic acids is 4.